The van der Waals surface area contributed by atoms with Crippen LogP contribution in [0.15, 0.2) is 48.5 Å². The summed E-state index contributed by atoms with van der Waals surface area (Å²) in [6, 6.07) is 14.5. The van der Waals surface area contributed by atoms with Crippen molar-refractivity contribution in [2.75, 3.05) is 31.6 Å². The Morgan fingerprint density at radius 1 is 1.15 bits per heavy atom. The molecule has 1 spiro atoms. The van der Waals surface area contributed by atoms with Crippen LogP contribution in [-0.2, 0) is 11.3 Å². The van der Waals surface area contributed by atoms with Gasteiger partial charge in [-0.2, -0.15) is 0 Å². The van der Waals surface area contributed by atoms with E-state index in [-0.39, 0.29) is 17.1 Å². The van der Waals surface area contributed by atoms with E-state index in [0.29, 0.717) is 18.7 Å². The summed E-state index contributed by atoms with van der Waals surface area (Å²) >= 11 is 0. The molecule has 2 saturated heterocycles. The Kier molecular flexibility index (Phi) is 4.41. The molecule has 0 unspecified atom stereocenters. The number of halogens is 1. The highest BCUT2D eigenvalue weighted by Crippen LogP contribution is 2.42. The third-order valence-electron chi connectivity index (χ3n) is 5.52. The van der Waals surface area contributed by atoms with Gasteiger partial charge in [0, 0.05) is 37.2 Å². The zero-order valence-corrected chi connectivity index (χ0v) is 15.0. The van der Waals surface area contributed by atoms with Gasteiger partial charge in [0.1, 0.15) is 11.6 Å². The number of carbonyl (C=O) groups excluding carboxylic acids is 1. The van der Waals surface area contributed by atoms with Crippen molar-refractivity contribution in [3.63, 3.8) is 0 Å². The number of rotatable bonds is 4. The summed E-state index contributed by atoms with van der Waals surface area (Å²) in [6.07, 6.45) is 1.54. The largest absolute Gasteiger partial charge is 0.497 e. The van der Waals surface area contributed by atoms with E-state index in [9.17, 15) is 9.18 Å². The molecular weight excluding hydrogens is 331 g/mol. The highest BCUT2D eigenvalue weighted by Gasteiger charge is 2.47. The summed E-state index contributed by atoms with van der Waals surface area (Å²) in [7, 11) is 1.67. The second kappa shape index (κ2) is 6.72. The van der Waals surface area contributed by atoms with E-state index in [1.54, 1.807) is 18.1 Å². The number of amides is 1. The lowest BCUT2D eigenvalue weighted by molar-refractivity contribution is -0.117. The molecule has 0 aromatic heterocycles. The van der Waals surface area contributed by atoms with Crippen molar-refractivity contribution in [2.24, 2.45) is 5.41 Å². The molecule has 0 N–H and O–H groups in total. The maximum Gasteiger partial charge on any atom is 0.227 e. The van der Waals surface area contributed by atoms with Crippen LogP contribution < -0.4 is 9.64 Å². The van der Waals surface area contributed by atoms with Crippen LogP contribution in [0.1, 0.15) is 18.4 Å². The average molecular weight is 354 g/mol. The Labute approximate surface area is 153 Å². The van der Waals surface area contributed by atoms with E-state index in [2.05, 4.69) is 17.0 Å². The number of likely N-dealkylation sites (tertiary alicyclic amines) is 1. The zero-order chi connectivity index (χ0) is 18.1. The van der Waals surface area contributed by atoms with E-state index in [4.69, 9.17) is 4.74 Å². The number of methoxy groups -OCH3 is 1. The van der Waals surface area contributed by atoms with Crippen molar-refractivity contribution in [3.05, 3.63) is 59.9 Å². The molecule has 4 nitrogen and oxygen atoms in total. The highest BCUT2D eigenvalue weighted by atomic mass is 19.1. The van der Waals surface area contributed by atoms with Crippen molar-refractivity contribution in [1.82, 2.24) is 4.90 Å². The zero-order valence-electron chi connectivity index (χ0n) is 15.0. The van der Waals surface area contributed by atoms with Gasteiger partial charge >= 0.3 is 0 Å². The molecule has 136 valence electrons. The molecular formula is C21H23FN2O2. The van der Waals surface area contributed by atoms with Crippen LogP contribution >= 0.6 is 0 Å². The summed E-state index contributed by atoms with van der Waals surface area (Å²) in [6.45, 7) is 3.43. The van der Waals surface area contributed by atoms with Crippen molar-refractivity contribution in [1.29, 1.82) is 0 Å². The van der Waals surface area contributed by atoms with E-state index in [1.165, 1.54) is 17.7 Å². The van der Waals surface area contributed by atoms with Crippen molar-refractivity contribution >= 4 is 11.6 Å². The fraction of sp³-hybridized carbons (Fsp3) is 0.381. The SMILES string of the molecule is COc1ccc(CN2CC[C@]3(CC(=O)N(c4cccc(F)c4)C3)C2)cc1. The number of ether oxygens (including phenoxy) is 1. The molecule has 1 atom stereocenters. The fourth-order valence-electron chi connectivity index (χ4n) is 4.20. The molecule has 2 aromatic carbocycles. The molecule has 2 aliphatic rings. The van der Waals surface area contributed by atoms with E-state index in [1.807, 2.05) is 18.2 Å². The maximum absolute atomic E-state index is 13.5. The Morgan fingerprint density at radius 2 is 1.96 bits per heavy atom. The van der Waals surface area contributed by atoms with Crippen LogP contribution in [0.2, 0.25) is 0 Å². The van der Waals surface area contributed by atoms with Gasteiger partial charge in [0.05, 0.1) is 7.11 Å². The molecule has 2 fully saturated rings. The Bertz CT molecular complexity index is 808. The molecule has 2 aliphatic heterocycles. The smallest absolute Gasteiger partial charge is 0.227 e. The predicted molar refractivity (Wildman–Crippen MR) is 98.7 cm³/mol. The summed E-state index contributed by atoms with van der Waals surface area (Å²) in [5.41, 5.74) is 1.89. The minimum Gasteiger partial charge on any atom is -0.497 e. The molecule has 5 heteroatoms. The molecule has 26 heavy (non-hydrogen) atoms. The number of nitrogens with zero attached hydrogens (tertiary/aromatic N) is 2. The third-order valence-corrected chi connectivity index (χ3v) is 5.52. The molecule has 2 heterocycles. The number of benzene rings is 2. The van der Waals surface area contributed by atoms with Gasteiger partial charge in [0.15, 0.2) is 0 Å². The van der Waals surface area contributed by atoms with Gasteiger partial charge in [-0.15, -0.1) is 0 Å². The lowest BCUT2D eigenvalue weighted by Gasteiger charge is -2.24. The molecule has 0 bridgehead atoms. The quantitative estimate of drug-likeness (QED) is 0.843. The number of hydrogen-bond acceptors (Lipinski definition) is 3. The predicted octanol–water partition coefficient (Wildman–Crippen LogP) is 3.46. The monoisotopic (exact) mass is 354 g/mol. The first-order valence-electron chi connectivity index (χ1n) is 8.98. The Balaban J connectivity index is 1.43. The minimum absolute atomic E-state index is 0.0180. The first-order chi connectivity index (χ1) is 12.6. The van der Waals surface area contributed by atoms with Crippen LogP contribution in [0.25, 0.3) is 0 Å². The van der Waals surface area contributed by atoms with Crippen LogP contribution in [0.3, 0.4) is 0 Å². The topological polar surface area (TPSA) is 32.8 Å². The van der Waals surface area contributed by atoms with Crippen LogP contribution in [0.5, 0.6) is 5.75 Å². The van der Waals surface area contributed by atoms with Crippen molar-refractivity contribution in [3.8, 4) is 5.75 Å². The molecule has 2 aromatic rings. The summed E-state index contributed by atoms with van der Waals surface area (Å²) < 4.78 is 18.7. The van der Waals surface area contributed by atoms with Crippen LogP contribution in [0, 0.1) is 11.2 Å². The molecule has 0 aliphatic carbocycles. The normalized spacial score (nSPS) is 23.2. The Hall–Kier alpha value is -2.40. The first-order valence-corrected chi connectivity index (χ1v) is 8.98. The highest BCUT2D eigenvalue weighted by molar-refractivity contribution is 5.96. The summed E-state index contributed by atoms with van der Waals surface area (Å²) in [4.78, 5) is 16.7. The summed E-state index contributed by atoms with van der Waals surface area (Å²) in [5.74, 6) is 0.657. The van der Waals surface area contributed by atoms with Crippen molar-refractivity contribution < 1.29 is 13.9 Å². The molecule has 0 radical (unpaired) electrons. The average Bonchev–Trinajstić information content (AvgIpc) is 3.18. The third kappa shape index (κ3) is 3.31. The Morgan fingerprint density at radius 3 is 2.69 bits per heavy atom. The van der Waals surface area contributed by atoms with Gasteiger partial charge in [0.25, 0.3) is 0 Å². The second-order valence-electron chi connectivity index (χ2n) is 7.45. The first kappa shape index (κ1) is 17.0. The second-order valence-corrected chi connectivity index (χ2v) is 7.45. The van der Waals surface area contributed by atoms with E-state index in [0.717, 1.165) is 31.8 Å². The number of carbonyl (C=O) groups is 1. The molecule has 4 rings (SSSR count). The summed E-state index contributed by atoms with van der Waals surface area (Å²) in [5, 5.41) is 0. The van der Waals surface area contributed by atoms with Crippen LogP contribution in [0.4, 0.5) is 10.1 Å². The van der Waals surface area contributed by atoms with Gasteiger partial charge < -0.3 is 9.64 Å². The van der Waals surface area contributed by atoms with Crippen molar-refractivity contribution in [2.45, 2.75) is 19.4 Å². The molecule has 0 saturated carbocycles. The fourth-order valence-corrected chi connectivity index (χ4v) is 4.20. The number of hydrogen-bond donors (Lipinski definition) is 0. The lowest BCUT2D eigenvalue weighted by Crippen LogP contribution is -2.31. The van der Waals surface area contributed by atoms with Crippen LogP contribution in [-0.4, -0.2) is 37.6 Å². The van der Waals surface area contributed by atoms with E-state index < -0.39 is 0 Å². The number of anilines is 1. The maximum atomic E-state index is 13.5. The van der Waals surface area contributed by atoms with Gasteiger partial charge in [-0.25, -0.2) is 4.39 Å². The molecule has 1 amide bonds. The van der Waals surface area contributed by atoms with Gasteiger partial charge in [0.2, 0.25) is 5.91 Å². The standard InChI is InChI=1S/C21H23FN2O2/c1-26-19-7-5-16(6-8-19)13-23-10-9-21(14-23)12-20(25)24(15-21)18-4-2-3-17(22)11-18/h2-8,11H,9-10,12-15H2,1H3/t21-/m0/s1. The lowest BCUT2D eigenvalue weighted by atomic mass is 9.86. The van der Waals surface area contributed by atoms with Gasteiger partial charge in [-0.05, 0) is 48.9 Å². The van der Waals surface area contributed by atoms with Gasteiger partial charge in [-0.1, -0.05) is 18.2 Å². The minimum atomic E-state index is -0.302. The van der Waals surface area contributed by atoms with Gasteiger partial charge in [-0.3, -0.25) is 9.69 Å². The van der Waals surface area contributed by atoms with E-state index >= 15 is 0 Å².